The van der Waals surface area contributed by atoms with E-state index < -0.39 is 0 Å². The highest BCUT2D eigenvalue weighted by Crippen LogP contribution is 2.39. The van der Waals surface area contributed by atoms with Gasteiger partial charge in [0, 0.05) is 10.3 Å². The van der Waals surface area contributed by atoms with E-state index in [0.29, 0.717) is 0 Å². The SMILES string of the molecule is Cc1csc2cnnc(Sc3ccccc3N=CNO)c12. The second kappa shape index (κ2) is 6.21. The Hall–Kier alpha value is -1.96. The highest BCUT2D eigenvalue weighted by molar-refractivity contribution is 7.99. The Morgan fingerprint density at radius 2 is 2.24 bits per heavy atom. The van der Waals surface area contributed by atoms with Gasteiger partial charge in [-0.15, -0.1) is 16.4 Å². The number of aryl methyl sites for hydroxylation is 1. The lowest BCUT2D eigenvalue weighted by atomic mass is 10.2. The summed E-state index contributed by atoms with van der Waals surface area (Å²) in [5.41, 5.74) is 3.87. The van der Waals surface area contributed by atoms with Gasteiger partial charge in [0.25, 0.3) is 0 Å². The second-order valence-electron chi connectivity index (χ2n) is 4.26. The van der Waals surface area contributed by atoms with Crippen LogP contribution in [0.2, 0.25) is 0 Å². The molecule has 0 unspecified atom stereocenters. The molecule has 106 valence electrons. The normalized spacial score (nSPS) is 11.3. The Kier molecular flexibility index (Phi) is 4.14. The molecular formula is C14H12N4OS2. The molecule has 0 aliphatic rings. The molecule has 0 atom stereocenters. The van der Waals surface area contributed by atoms with Crippen LogP contribution in [0.5, 0.6) is 0 Å². The van der Waals surface area contributed by atoms with E-state index in [0.717, 1.165) is 25.7 Å². The number of aliphatic imine (C=N–C) groups is 1. The molecule has 0 saturated carbocycles. The summed E-state index contributed by atoms with van der Waals surface area (Å²) >= 11 is 3.19. The molecule has 2 heterocycles. The van der Waals surface area contributed by atoms with Crippen molar-refractivity contribution in [2.24, 2.45) is 4.99 Å². The number of para-hydroxylation sites is 1. The van der Waals surface area contributed by atoms with Crippen molar-refractivity contribution in [2.75, 3.05) is 0 Å². The van der Waals surface area contributed by atoms with Crippen molar-refractivity contribution in [3.63, 3.8) is 0 Å². The van der Waals surface area contributed by atoms with Crippen LogP contribution in [0.4, 0.5) is 5.69 Å². The van der Waals surface area contributed by atoms with Gasteiger partial charge in [-0.2, -0.15) is 5.10 Å². The molecule has 0 radical (unpaired) electrons. The summed E-state index contributed by atoms with van der Waals surface area (Å²) < 4.78 is 1.13. The van der Waals surface area contributed by atoms with Gasteiger partial charge in [-0.3, -0.25) is 10.7 Å². The molecule has 21 heavy (non-hydrogen) atoms. The summed E-state index contributed by atoms with van der Waals surface area (Å²) in [4.78, 5) is 5.11. The summed E-state index contributed by atoms with van der Waals surface area (Å²) in [6.45, 7) is 2.07. The summed E-state index contributed by atoms with van der Waals surface area (Å²) in [6, 6.07) is 7.69. The first kappa shape index (κ1) is 14.0. The Labute approximate surface area is 129 Å². The zero-order chi connectivity index (χ0) is 14.7. The van der Waals surface area contributed by atoms with Crippen molar-refractivity contribution in [2.45, 2.75) is 16.8 Å². The largest absolute Gasteiger partial charge is 0.290 e. The fourth-order valence-corrected chi connectivity index (χ4v) is 3.95. The van der Waals surface area contributed by atoms with Crippen LogP contribution in [0.3, 0.4) is 0 Å². The van der Waals surface area contributed by atoms with Crippen LogP contribution >= 0.6 is 23.1 Å². The lowest BCUT2D eigenvalue weighted by Crippen LogP contribution is -2.01. The van der Waals surface area contributed by atoms with Gasteiger partial charge in [0.15, 0.2) is 0 Å². The molecule has 0 amide bonds. The number of nitrogens with one attached hydrogen (secondary N) is 1. The molecule has 7 heteroatoms. The molecule has 0 aliphatic carbocycles. The third-order valence-electron chi connectivity index (χ3n) is 2.87. The van der Waals surface area contributed by atoms with Crippen molar-refractivity contribution < 1.29 is 5.21 Å². The molecule has 0 aliphatic heterocycles. The monoisotopic (exact) mass is 316 g/mol. The molecule has 0 fully saturated rings. The minimum atomic E-state index is 0.760. The van der Waals surface area contributed by atoms with Crippen LogP contribution in [0.25, 0.3) is 10.1 Å². The minimum absolute atomic E-state index is 0.760. The third-order valence-corrected chi connectivity index (χ3v) is 4.95. The maximum atomic E-state index is 8.63. The third kappa shape index (κ3) is 2.90. The molecular weight excluding hydrogens is 304 g/mol. The van der Waals surface area contributed by atoms with E-state index in [9.17, 15) is 0 Å². The van der Waals surface area contributed by atoms with Crippen LogP contribution in [0.15, 0.2) is 50.8 Å². The smallest absolute Gasteiger partial charge is 0.133 e. The van der Waals surface area contributed by atoms with Crippen molar-refractivity contribution in [1.29, 1.82) is 0 Å². The predicted molar refractivity (Wildman–Crippen MR) is 85.8 cm³/mol. The topological polar surface area (TPSA) is 70.4 Å². The number of nitrogens with zero attached hydrogens (tertiary/aromatic N) is 3. The van der Waals surface area contributed by atoms with Gasteiger partial charge in [-0.1, -0.05) is 23.9 Å². The van der Waals surface area contributed by atoms with E-state index >= 15 is 0 Å². The molecule has 0 bridgehead atoms. The Bertz CT molecular complexity index is 801. The van der Waals surface area contributed by atoms with E-state index in [2.05, 4.69) is 27.5 Å². The van der Waals surface area contributed by atoms with E-state index in [1.54, 1.807) is 17.5 Å². The highest BCUT2D eigenvalue weighted by Gasteiger charge is 2.11. The number of aromatic nitrogens is 2. The highest BCUT2D eigenvalue weighted by atomic mass is 32.2. The lowest BCUT2D eigenvalue weighted by Gasteiger charge is -2.05. The maximum absolute atomic E-state index is 8.63. The molecule has 3 aromatic rings. The van der Waals surface area contributed by atoms with Crippen LogP contribution in [0.1, 0.15) is 5.56 Å². The predicted octanol–water partition coefficient (Wildman–Crippen LogP) is 3.79. The van der Waals surface area contributed by atoms with E-state index in [1.165, 1.54) is 23.7 Å². The van der Waals surface area contributed by atoms with Crippen LogP contribution < -0.4 is 5.48 Å². The maximum Gasteiger partial charge on any atom is 0.133 e. The summed E-state index contributed by atoms with van der Waals surface area (Å²) in [7, 11) is 0. The number of fused-ring (bicyclic) bond motifs is 1. The van der Waals surface area contributed by atoms with Crippen LogP contribution in [-0.2, 0) is 0 Å². The quantitative estimate of drug-likeness (QED) is 0.435. The average molecular weight is 316 g/mol. The average Bonchev–Trinajstić information content (AvgIpc) is 2.89. The van der Waals surface area contributed by atoms with E-state index in [4.69, 9.17) is 5.21 Å². The summed E-state index contributed by atoms with van der Waals surface area (Å²) in [5.74, 6) is 0. The number of hydrogen-bond acceptors (Lipinski definition) is 6. The molecule has 0 saturated heterocycles. The fraction of sp³-hybridized carbons (Fsp3) is 0.0714. The standard InChI is InChI=1S/C14H12N4OS2/c1-9-7-20-12-6-16-18-14(13(9)12)21-11-5-3-2-4-10(11)15-8-17-19/h2-8,19H,1H3,(H,15,17). The van der Waals surface area contributed by atoms with Crippen molar-refractivity contribution >= 4 is 45.2 Å². The molecule has 5 nitrogen and oxygen atoms in total. The Morgan fingerprint density at radius 3 is 3.10 bits per heavy atom. The van der Waals surface area contributed by atoms with Gasteiger partial charge in [0.2, 0.25) is 0 Å². The zero-order valence-electron chi connectivity index (χ0n) is 11.1. The van der Waals surface area contributed by atoms with Gasteiger partial charge >= 0.3 is 0 Å². The van der Waals surface area contributed by atoms with Gasteiger partial charge in [-0.05, 0) is 30.0 Å². The second-order valence-corrected chi connectivity index (χ2v) is 6.21. The van der Waals surface area contributed by atoms with Crippen LogP contribution in [0, 0.1) is 6.92 Å². The molecule has 1 aromatic carbocycles. The lowest BCUT2D eigenvalue weighted by molar-refractivity contribution is 0.240. The zero-order valence-corrected chi connectivity index (χ0v) is 12.8. The van der Waals surface area contributed by atoms with Crippen molar-refractivity contribution in [3.05, 3.63) is 41.4 Å². The van der Waals surface area contributed by atoms with Gasteiger partial charge in [-0.25, -0.2) is 4.99 Å². The van der Waals surface area contributed by atoms with Crippen LogP contribution in [-0.4, -0.2) is 21.7 Å². The molecule has 2 N–H and O–H groups in total. The Balaban J connectivity index is 2.03. The molecule has 2 aromatic heterocycles. The number of thiophene rings is 1. The van der Waals surface area contributed by atoms with Gasteiger partial charge in [0.05, 0.1) is 16.6 Å². The number of rotatable bonds is 4. The Morgan fingerprint density at radius 1 is 1.38 bits per heavy atom. The van der Waals surface area contributed by atoms with Crippen molar-refractivity contribution in [1.82, 2.24) is 15.7 Å². The first-order valence-corrected chi connectivity index (χ1v) is 7.87. The molecule has 0 spiro atoms. The van der Waals surface area contributed by atoms with E-state index in [1.807, 2.05) is 29.7 Å². The number of benzene rings is 1. The first-order valence-electron chi connectivity index (χ1n) is 6.18. The minimum Gasteiger partial charge on any atom is -0.290 e. The summed E-state index contributed by atoms with van der Waals surface area (Å²) in [6.07, 6.45) is 3.03. The van der Waals surface area contributed by atoms with E-state index in [-0.39, 0.29) is 0 Å². The first-order chi connectivity index (χ1) is 10.3. The molecule has 3 rings (SSSR count). The summed E-state index contributed by atoms with van der Waals surface area (Å²) in [5, 5.41) is 21.1. The van der Waals surface area contributed by atoms with Gasteiger partial charge in [0.1, 0.15) is 11.4 Å². The van der Waals surface area contributed by atoms with Crippen molar-refractivity contribution in [3.8, 4) is 0 Å². The number of hydrogen-bond donors (Lipinski definition) is 2. The fourth-order valence-electron chi connectivity index (χ4n) is 1.94. The van der Waals surface area contributed by atoms with Gasteiger partial charge < -0.3 is 0 Å². The number of hydroxylamine groups is 1.